The molecule has 0 saturated heterocycles. The molecule has 3 atom stereocenters. The lowest BCUT2D eigenvalue weighted by molar-refractivity contribution is -0.142. The molecule has 92 valence electrons. The summed E-state index contributed by atoms with van der Waals surface area (Å²) in [5, 5.41) is 11.7. The van der Waals surface area contributed by atoms with Gasteiger partial charge in [0, 0.05) is 6.04 Å². The predicted molar refractivity (Wildman–Crippen MR) is 59.8 cm³/mol. The molecule has 0 aromatic rings. The Bertz CT molecular complexity index is 268. The molecule has 1 fully saturated rings. The van der Waals surface area contributed by atoms with E-state index in [1.807, 2.05) is 6.92 Å². The number of nitrogens with two attached hydrogens (primary N) is 1. The lowest BCUT2D eigenvalue weighted by atomic mass is 10.0. The molecule has 0 aliphatic heterocycles. The van der Waals surface area contributed by atoms with Gasteiger partial charge in [0.05, 0.1) is 12.0 Å². The van der Waals surface area contributed by atoms with Crippen molar-refractivity contribution in [1.29, 1.82) is 0 Å². The SMILES string of the molecule is CCCC(N)C(=O)NC1CCCC1C(=O)O. The normalized spacial score (nSPS) is 26.4. The van der Waals surface area contributed by atoms with Crippen LogP contribution in [0, 0.1) is 5.92 Å². The van der Waals surface area contributed by atoms with Crippen LogP contribution in [0.15, 0.2) is 0 Å². The van der Waals surface area contributed by atoms with Gasteiger partial charge in [-0.3, -0.25) is 9.59 Å². The third-order valence-corrected chi connectivity index (χ3v) is 3.10. The van der Waals surface area contributed by atoms with Crippen molar-refractivity contribution in [1.82, 2.24) is 5.32 Å². The van der Waals surface area contributed by atoms with E-state index in [1.54, 1.807) is 0 Å². The summed E-state index contributed by atoms with van der Waals surface area (Å²) in [6.45, 7) is 1.96. The Balaban J connectivity index is 2.47. The fraction of sp³-hybridized carbons (Fsp3) is 0.818. The Hall–Kier alpha value is -1.10. The molecule has 0 spiro atoms. The number of carbonyl (C=O) groups excluding carboxylic acids is 1. The lowest BCUT2D eigenvalue weighted by Crippen LogP contribution is -2.47. The van der Waals surface area contributed by atoms with Crippen molar-refractivity contribution in [2.45, 2.75) is 51.1 Å². The van der Waals surface area contributed by atoms with E-state index >= 15 is 0 Å². The quantitative estimate of drug-likeness (QED) is 0.638. The maximum absolute atomic E-state index is 11.6. The van der Waals surface area contributed by atoms with E-state index in [0.717, 1.165) is 19.3 Å². The molecule has 3 unspecified atom stereocenters. The highest BCUT2D eigenvalue weighted by atomic mass is 16.4. The molecule has 0 heterocycles. The van der Waals surface area contributed by atoms with E-state index in [-0.39, 0.29) is 11.9 Å². The highest BCUT2D eigenvalue weighted by molar-refractivity contribution is 5.82. The second-order valence-corrected chi connectivity index (χ2v) is 4.39. The number of hydrogen-bond acceptors (Lipinski definition) is 3. The zero-order valence-corrected chi connectivity index (χ0v) is 9.61. The highest BCUT2D eigenvalue weighted by Crippen LogP contribution is 2.25. The number of aliphatic carboxylic acids is 1. The van der Waals surface area contributed by atoms with Crippen LogP contribution >= 0.6 is 0 Å². The molecule has 0 aromatic heterocycles. The average Bonchev–Trinajstić information content (AvgIpc) is 2.66. The molecule has 0 bridgehead atoms. The maximum atomic E-state index is 11.6. The summed E-state index contributed by atoms with van der Waals surface area (Å²) in [4.78, 5) is 22.5. The van der Waals surface area contributed by atoms with Crippen molar-refractivity contribution in [2.24, 2.45) is 11.7 Å². The summed E-state index contributed by atoms with van der Waals surface area (Å²) in [7, 11) is 0. The van der Waals surface area contributed by atoms with Crippen molar-refractivity contribution in [2.75, 3.05) is 0 Å². The first-order valence-electron chi connectivity index (χ1n) is 5.85. The lowest BCUT2D eigenvalue weighted by Gasteiger charge is -2.20. The van der Waals surface area contributed by atoms with Gasteiger partial charge in [0.25, 0.3) is 0 Å². The topological polar surface area (TPSA) is 92.4 Å². The molecule has 1 aliphatic rings. The van der Waals surface area contributed by atoms with Crippen molar-refractivity contribution in [3.63, 3.8) is 0 Å². The van der Waals surface area contributed by atoms with Crippen LogP contribution in [0.4, 0.5) is 0 Å². The van der Waals surface area contributed by atoms with Crippen molar-refractivity contribution < 1.29 is 14.7 Å². The minimum absolute atomic E-state index is 0.222. The molecule has 0 aromatic carbocycles. The van der Waals surface area contributed by atoms with Gasteiger partial charge < -0.3 is 16.2 Å². The summed E-state index contributed by atoms with van der Waals surface area (Å²) in [6.07, 6.45) is 3.72. The summed E-state index contributed by atoms with van der Waals surface area (Å²) in [5.41, 5.74) is 5.67. The van der Waals surface area contributed by atoms with E-state index in [4.69, 9.17) is 10.8 Å². The number of hydrogen-bond donors (Lipinski definition) is 3. The van der Waals surface area contributed by atoms with Gasteiger partial charge in [0.15, 0.2) is 0 Å². The first-order chi connectivity index (χ1) is 7.56. The van der Waals surface area contributed by atoms with E-state index in [0.29, 0.717) is 12.8 Å². The second-order valence-electron chi connectivity index (χ2n) is 4.39. The summed E-state index contributed by atoms with van der Waals surface area (Å²) >= 11 is 0. The zero-order chi connectivity index (χ0) is 12.1. The van der Waals surface area contributed by atoms with Crippen molar-refractivity contribution in [3.05, 3.63) is 0 Å². The van der Waals surface area contributed by atoms with Crippen LogP contribution in [0.3, 0.4) is 0 Å². The summed E-state index contributed by atoms with van der Waals surface area (Å²) in [6, 6.07) is -0.757. The molecule has 4 N–H and O–H groups in total. The number of carboxylic acids is 1. The molecular formula is C11H20N2O3. The molecule has 5 heteroatoms. The smallest absolute Gasteiger partial charge is 0.308 e. The van der Waals surface area contributed by atoms with Crippen molar-refractivity contribution >= 4 is 11.9 Å². The van der Waals surface area contributed by atoms with Gasteiger partial charge in [-0.2, -0.15) is 0 Å². The van der Waals surface area contributed by atoms with Crippen LogP contribution in [-0.2, 0) is 9.59 Å². The number of carboxylic acid groups (broad SMARTS) is 1. The van der Waals surface area contributed by atoms with E-state index in [1.165, 1.54) is 0 Å². The minimum atomic E-state index is -0.827. The van der Waals surface area contributed by atoms with Gasteiger partial charge in [-0.15, -0.1) is 0 Å². The Kier molecular flexibility index (Phi) is 4.73. The molecule has 1 aliphatic carbocycles. The van der Waals surface area contributed by atoms with Gasteiger partial charge in [0.1, 0.15) is 0 Å². The van der Waals surface area contributed by atoms with Crippen LogP contribution in [0.5, 0.6) is 0 Å². The Morgan fingerprint density at radius 3 is 2.75 bits per heavy atom. The van der Waals surface area contributed by atoms with Crippen LogP contribution in [0.2, 0.25) is 0 Å². The average molecular weight is 228 g/mol. The fourth-order valence-corrected chi connectivity index (χ4v) is 2.16. The second kappa shape index (κ2) is 5.84. The molecule has 5 nitrogen and oxygen atoms in total. The molecule has 1 amide bonds. The Morgan fingerprint density at radius 2 is 2.19 bits per heavy atom. The van der Waals surface area contributed by atoms with Gasteiger partial charge in [-0.05, 0) is 19.3 Å². The largest absolute Gasteiger partial charge is 0.481 e. The minimum Gasteiger partial charge on any atom is -0.481 e. The molecular weight excluding hydrogens is 208 g/mol. The Morgan fingerprint density at radius 1 is 1.50 bits per heavy atom. The highest BCUT2D eigenvalue weighted by Gasteiger charge is 2.34. The first kappa shape index (κ1) is 13.0. The Labute approximate surface area is 95.4 Å². The van der Waals surface area contributed by atoms with Crippen LogP contribution in [0.25, 0.3) is 0 Å². The number of carbonyl (C=O) groups is 2. The van der Waals surface area contributed by atoms with Gasteiger partial charge in [-0.25, -0.2) is 0 Å². The monoisotopic (exact) mass is 228 g/mol. The molecule has 0 radical (unpaired) electrons. The maximum Gasteiger partial charge on any atom is 0.308 e. The summed E-state index contributed by atoms with van der Waals surface area (Å²) < 4.78 is 0. The van der Waals surface area contributed by atoms with Crippen LogP contribution in [0.1, 0.15) is 39.0 Å². The third-order valence-electron chi connectivity index (χ3n) is 3.10. The van der Waals surface area contributed by atoms with Gasteiger partial charge in [-0.1, -0.05) is 19.8 Å². The van der Waals surface area contributed by atoms with Crippen LogP contribution in [-0.4, -0.2) is 29.1 Å². The van der Waals surface area contributed by atoms with Crippen molar-refractivity contribution in [3.8, 4) is 0 Å². The number of rotatable bonds is 5. The van der Waals surface area contributed by atoms with Gasteiger partial charge >= 0.3 is 5.97 Å². The van der Waals surface area contributed by atoms with E-state index < -0.39 is 17.9 Å². The third kappa shape index (κ3) is 3.20. The fourth-order valence-electron chi connectivity index (χ4n) is 2.16. The first-order valence-corrected chi connectivity index (χ1v) is 5.85. The predicted octanol–water partition coefficient (Wildman–Crippen LogP) is 0.483. The summed E-state index contributed by atoms with van der Waals surface area (Å²) in [5.74, 6) is -1.50. The number of amides is 1. The van der Waals surface area contributed by atoms with E-state index in [2.05, 4.69) is 5.32 Å². The van der Waals surface area contributed by atoms with E-state index in [9.17, 15) is 9.59 Å². The number of nitrogens with one attached hydrogen (secondary N) is 1. The molecule has 16 heavy (non-hydrogen) atoms. The zero-order valence-electron chi connectivity index (χ0n) is 9.61. The molecule has 1 saturated carbocycles. The standard InChI is InChI=1S/C11H20N2O3/c1-2-4-8(12)10(14)13-9-6-3-5-7(9)11(15)16/h7-9H,2-6,12H2,1H3,(H,13,14)(H,15,16). The van der Waals surface area contributed by atoms with Crippen LogP contribution < -0.4 is 11.1 Å². The van der Waals surface area contributed by atoms with Gasteiger partial charge in [0.2, 0.25) is 5.91 Å². The molecule has 1 rings (SSSR count).